The monoisotopic (exact) mass is 186 g/mol. The van der Waals surface area contributed by atoms with Crippen LogP contribution in [0, 0.1) is 5.41 Å². The van der Waals surface area contributed by atoms with Crippen LogP contribution in [0.5, 0.6) is 0 Å². The fourth-order valence-corrected chi connectivity index (χ4v) is 0.649. The van der Waals surface area contributed by atoms with E-state index in [0.717, 1.165) is 0 Å². The maximum absolute atomic E-state index is 10.9. The third-order valence-corrected chi connectivity index (χ3v) is 1.59. The molecule has 0 heterocycles. The molecular weight excluding hydrogens is 168 g/mol. The summed E-state index contributed by atoms with van der Waals surface area (Å²) in [7, 11) is 0. The van der Waals surface area contributed by atoms with Gasteiger partial charge in [0.25, 0.3) is 0 Å². The van der Waals surface area contributed by atoms with E-state index in [2.05, 4.69) is 4.74 Å². The van der Waals surface area contributed by atoms with Crippen LogP contribution in [-0.4, -0.2) is 23.8 Å². The fourth-order valence-electron chi connectivity index (χ4n) is 0.649. The van der Waals surface area contributed by atoms with Crippen LogP contribution in [0.1, 0.15) is 27.7 Å². The molecule has 0 fully saturated rings. The summed E-state index contributed by atoms with van der Waals surface area (Å²) in [6, 6.07) is 0. The van der Waals surface area contributed by atoms with Gasteiger partial charge in [-0.25, -0.2) is 4.79 Å². The highest BCUT2D eigenvalue weighted by Gasteiger charge is 2.19. The predicted octanol–water partition coefficient (Wildman–Crippen LogP) is 1.51. The van der Waals surface area contributed by atoms with E-state index >= 15 is 0 Å². The third-order valence-electron chi connectivity index (χ3n) is 1.59. The molecular formula is C10H18O3. The number of rotatable bonds is 3. The molecule has 0 spiro atoms. The standard InChI is InChI=1S/C10H18O3/c1-5-13-9(12)7-6-8(11)10(2,3)4/h6-8,11H,5H2,1-4H3/b7-6+/t8-/m0/s1. The van der Waals surface area contributed by atoms with Gasteiger partial charge in [0.2, 0.25) is 0 Å². The van der Waals surface area contributed by atoms with Gasteiger partial charge in [0.1, 0.15) is 0 Å². The van der Waals surface area contributed by atoms with Crippen LogP contribution in [0.15, 0.2) is 12.2 Å². The van der Waals surface area contributed by atoms with Crippen molar-refractivity contribution in [1.82, 2.24) is 0 Å². The van der Waals surface area contributed by atoms with E-state index in [1.54, 1.807) is 6.92 Å². The highest BCUT2D eigenvalue weighted by atomic mass is 16.5. The summed E-state index contributed by atoms with van der Waals surface area (Å²) in [5.74, 6) is -0.411. The van der Waals surface area contributed by atoms with Crippen molar-refractivity contribution >= 4 is 5.97 Å². The Hall–Kier alpha value is -0.830. The van der Waals surface area contributed by atoms with Crippen molar-refractivity contribution in [2.75, 3.05) is 6.61 Å². The molecule has 1 atom stereocenters. The van der Waals surface area contributed by atoms with Crippen LogP contribution in [0.3, 0.4) is 0 Å². The topological polar surface area (TPSA) is 46.5 Å². The Labute approximate surface area is 79.4 Å². The highest BCUT2D eigenvalue weighted by Crippen LogP contribution is 2.19. The van der Waals surface area contributed by atoms with Gasteiger partial charge in [-0.1, -0.05) is 20.8 Å². The van der Waals surface area contributed by atoms with E-state index in [-0.39, 0.29) is 5.41 Å². The number of carbonyl (C=O) groups is 1. The van der Waals surface area contributed by atoms with Gasteiger partial charge in [-0.3, -0.25) is 0 Å². The molecule has 0 saturated heterocycles. The summed E-state index contributed by atoms with van der Waals surface area (Å²) in [4.78, 5) is 10.9. The first-order valence-electron chi connectivity index (χ1n) is 4.41. The fraction of sp³-hybridized carbons (Fsp3) is 0.700. The summed E-state index contributed by atoms with van der Waals surface area (Å²) in [6.07, 6.45) is 2.09. The Bertz CT molecular complexity index is 189. The zero-order chi connectivity index (χ0) is 10.5. The molecule has 0 saturated carbocycles. The normalized spacial score (nSPS) is 14.5. The smallest absolute Gasteiger partial charge is 0.330 e. The van der Waals surface area contributed by atoms with Crippen molar-refractivity contribution in [3.8, 4) is 0 Å². The highest BCUT2D eigenvalue weighted by molar-refractivity contribution is 5.81. The Kier molecular flexibility index (Phi) is 4.70. The van der Waals surface area contributed by atoms with Crippen molar-refractivity contribution in [2.24, 2.45) is 5.41 Å². The molecule has 0 unspecified atom stereocenters. The lowest BCUT2D eigenvalue weighted by Gasteiger charge is -2.22. The number of carbonyl (C=O) groups excluding carboxylic acids is 1. The van der Waals surface area contributed by atoms with Crippen molar-refractivity contribution in [3.05, 3.63) is 12.2 Å². The summed E-state index contributed by atoms with van der Waals surface area (Å²) >= 11 is 0. The third kappa shape index (κ3) is 5.42. The SMILES string of the molecule is CCOC(=O)/C=C/[C@H](O)C(C)(C)C. The maximum Gasteiger partial charge on any atom is 0.330 e. The zero-order valence-electron chi connectivity index (χ0n) is 8.70. The van der Waals surface area contributed by atoms with Gasteiger partial charge in [0.15, 0.2) is 0 Å². The van der Waals surface area contributed by atoms with Gasteiger partial charge >= 0.3 is 5.97 Å². The lowest BCUT2D eigenvalue weighted by Crippen LogP contribution is -2.23. The predicted molar refractivity (Wildman–Crippen MR) is 51.2 cm³/mol. The van der Waals surface area contributed by atoms with Crippen molar-refractivity contribution < 1.29 is 14.6 Å². The van der Waals surface area contributed by atoms with Gasteiger partial charge in [0.05, 0.1) is 12.7 Å². The second kappa shape index (κ2) is 5.02. The molecule has 0 amide bonds. The second-order valence-electron chi connectivity index (χ2n) is 3.92. The molecule has 0 aliphatic heterocycles. The van der Waals surface area contributed by atoms with Crippen LogP contribution in [0.4, 0.5) is 0 Å². The molecule has 0 aromatic rings. The molecule has 1 N–H and O–H groups in total. The van der Waals surface area contributed by atoms with Crippen molar-refractivity contribution in [3.63, 3.8) is 0 Å². The van der Waals surface area contributed by atoms with Crippen LogP contribution < -0.4 is 0 Å². The molecule has 0 aromatic carbocycles. The first-order valence-corrected chi connectivity index (χ1v) is 4.41. The van der Waals surface area contributed by atoms with E-state index in [0.29, 0.717) is 6.61 Å². The van der Waals surface area contributed by atoms with E-state index in [1.165, 1.54) is 12.2 Å². The van der Waals surface area contributed by atoms with E-state index in [4.69, 9.17) is 0 Å². The Balaban J connectivity index is 4.05. The molecule has 0 radical (unpaired) electrons. The Morgan fingerprint density at radius 2 is 2.08 bits per heavy atom. The number of aliphatic hydroxyl groups is 1. The van der Waals surface area contributed by atoms with Gasteiger partial charge in [-0.15, -0.1) is 0 Å². The van der Waals surface area contributed by atoms with Gasteiger partial charge < -0.3 is 9.84 Å². The van der Waals surface area contributed by atoms with Gasteiger partial charge in [-0.2, -0.15) is 0 Å². The molecule has 13 heavy (non-hydrogen) atoms. The summed E-state index contributed by atoms with van der Waals surface area (Å²) in [5, 5.41) is 9.51. The minimum Gasteiger partial charge on any atom is -0.463 e. The first kappa shape index (κ1) is 12.2. The minimum absolute atomic E-state index is 0.247. The van der Waals surface area contributed by atoms with Crippen LogP contribution >= 0.6 is 0 Å². The Morgan fingerprint density at radius 3 is 2.46 bits per heavy atom. The zero-order valence-corrected chi connectivity index (χ0v) is 8.70. The van der Waals surface area contributed by atoms with E-state index in [1.807, 2.05) is 20.8 Å². The second-order valence-corrected chi connectivity index (χ2v) is 3.92. The molecule has 0 bridgehead atoms. The lowest BCUT2D eigenvalue weighted by atomic mass is 9.89. The molecule has 3 nitrogen and oxygen atoms in total. The molecule has 0 aliphatic carbocycles. The minimum atomic E-state index is -0.628. The molecule has 0 rings (SSSR count). The number of hydrogen-bond donors (Lipinski definition) is 1. The van der Waals surface area contributed by atoms with E-state index < -0.39 is 12.1 Å². The molecule has 3 heteroatoms. The quantitative estimate of drug-likeness (QED) is 0.537. The summed E-state index contributed by atoms with van der Waals surface area (Å²) < 4.78 is 4.67. The number of hydrogen-bond acceptors (Lipinski definition) is 3. The van der Waals surface area contributed by atoms with E-state index in [9.17, 15) is 9.90 Å². The van der Waals surface area contributed by atoms with Crippen LogP contribution in [-0.2, 0) is 9.53 Å². The molecule has 0 aromatic heterocycles. The first-order chi connectivity index (χ1) is 5.88. The van der Waals surface area contributed by atoms with Crippen LogP contribution in [0.2, 0.25) is 0 Å². The number of ether oxygens (including phenoxy) is 1. The maximum atomic E-state index is 10.9. The van der Waals surface area contributed by atoms with Crippen molar-refractivity contribution in [2.45, 2.75) is 33.8 Å². The van der Waals surface area contributed by atoms with Crippen molar-refractivity contribution in [1.29, 1.82) is 0 Å². The largest absolute Gasteiger partial charge is 0.463 e. The van der Waals surface area contributed by atoms with Gasteiger partial charge in [-0.05, 0) is 18.4 Å². The Morgan fingerprint density at radius 1 is 1.54 bits per heavy atom. The average Bonchev–Trinajstić information content (AvgIpc) is 1.99. The summed E-state index contributed by atoms with van der Waals surface area (Å²) in [5.41, 5.74) is -0.247. The number of esters is 1. The number of aliphatic hydroxyl groups excluding tert-OH is 1. The summed E-state index contributed by atoms with van der Waals surface area (Å²) in [6.45, 7) is 7.79. The lowest BCUT2D eigenvalue weighted by molar-refractivity contribution is -0.137. The molecule has 0 aliphatic rings. The average molecular weight is 186 g/mol. The molecule has 76 valence electrons. The van der Waals surface area contributed by atoms with Crippen LogP contribution in [0.25, 0.3) is 0 Å². The van der Waals surface area contributed by atoms with Gasteiger partial charge in [0, 0.05) is 6.08 Å².